The second kappa shape index (κ2) is 6.82. The Morgan fingerprint density at radius 3 is 2.38 bits per heavy atom. The van der Waals surface area contributed by atoms with Gasteiger partial charge in [-0.3, -0.25) is 0 Å². The minimum atomic E-state index is -3.38. The van der Waals surface area contributed by atoms with Crippen LogP contribution in [0.1, 0.15) is 61.6 Å². The summed E-state index contributed by atoms with van der Waals surface area (Å²) in [7, 11) is -3.38. The van der Waals surface area contributed by atoms with Crippen molar-refractivity contribution in [3.63, 3.8) is 0 Å². The van der Waals surface area contributed by atoms with Gasteiger partial charge in [-0.05, 0) is 41.9 Å². The zero-order chi connectivity index (χ0) is 18.2. The predicted molar refractivity (Wildman–Crippen MR) is 105 cm³/mol. The van der Waals surface area contributed by atoms with Gasteiger partial charge >= 0.3 is 0 Å². The lowest BCUT2D eigenvalue weighted by Gasteiger charge is -2.40. The van der Waals surface area contributed by atoms with Gasteiger partial charge < -0.3 is 0 Å². The molecule has 1 fully saturated rings. The van der Waals surface area contributed by atoms with E-state index < -0.39 is 10.0 Å². The second-order valence-corrected chi connectivity index (χ2v) is 9.88. The van der Waals surface area contributed by atoms with E-state index >= 15 is 0 Å². The summed E-state index contributed by atoms with van der Waals surface area (Å²) in [5.74, 6) is 0.479. The van der Waals surface area contributed by atoms with E-state index in [1.54, 1.807) is 0 Å². The fourth-order valence-corrected chi connectivity index (χ4v) is 6.96. The fraction of sp³-hybridized carbons (Fsp3) is 0.455. The predicted octanol–water partition coefficient (Wildman–Crippen LogP) is 4.84. The molecular formula is C22H27NO2S. The number of sulfonamides is 1. The molecule has 2 aromatic carbocycles. The molecule has 26 heavy (non-hydrogen) atoms. The van der Waals surface area contributed by atoms with Crippen LogP contribution in [-0.4, -0.2) is 18.3 Å². The highest BCUT2D eigenvalue weighted by molar-refractivity contribution is 7.88. The standard InChI is InChI=1S/C22H27NO2S/c1-18-15-22(13-7-8-14-22)23(16-20-11-5-6-12-21(18)20)26(24,25)17-19-9-3-2-4-10-19/h2-6,9-12,18H,7-8,13-17H2,1H3. The molecule has 1 unspecified atom stereocenters. The molecule has 1 heterocycles. The average Bonchev–Trinajstić information content (AvgIpc) is 3.04. The van der Waals surface area contributed by atoms with Crippen LogP contribution in [0.2, 0.25) is 0 Å². The van der Waals surface area contributed by atoms with Crippen LogP contribution in [0, 0.1) is 0 Å². The monoisotopic (exact) mass is 369 g/mol. The number of fused-ring (bicyclic) bond motifs is 1. The molecule has 1 saturated carbocycles. The first-order valence-electron chi connectivity index (χ1n) is 9.62. The average molecular weight is 370 g/mol. The number of nitrogens with zero attached hydrogens (tertiary/aromatic N) is 1. The molecule has 0 N–H and O–H groups in total. The first-order chi connectivity index (χ1) is 12.5. The Kier molecular flexibility index (Phi) is 4.66. The van der Waals surface area contributed by atoms with Gasteiger partial charge in [0.25, 0.3) is 0 Å². The van der Waals surface area contributed by atoms with Crippen molar-refractivity contribution in [2.45, 2.75) is 62.8 Å². The highest BCUT2D eigenvalue weighted by atomic mass is 32.2. The molecule has 0 radical (unpaired) electrons. The molecule has 0 amide bonds. The minimum absolute atomic E-state index is 0.0894. The smallest absolute Gasteiger partial charge is 0.212 e. The summed E-state index contributed by atoms with van der Waals surface area (Å²) < 4.78 is 28.9. The van der Waals surface area contributed by atoms with E-state index in [1.165, 1.54) is 11.1 Å². The molecule has 1 aliphatic heterocycles. The first-order valence-corrected chi connectivity index (χ1v) is 11.2. The lowest BCUT2D eigenvalue weighted by Crippen LogP contribution is -2.49. The molecule has 1 spiro atoms. The number of benzene rings is 2. The molecule has 2 aromatic rings. The highest BCUT2D eigenvalue weighted by Gasteiger charge is 2.47. The first kappa shape index (κ1) is 17.7. The van der Waals surface area contributed by atoms with Gasteiger partial charge in [-0.2, -0.15) is 4.31 Å². The summed E-state index contributed by atoms with van der Waals surface area (Å²) >= 11 is 0. The van der Waals surface area contributed by atoms with Crippen LogP contribution < -0.4 is 0 Å². The van der Waals surface area contributed by atoms with Gasteiger partial charge in [-0.15, -0.1) is 0 Å². The second-order valence-electron chi connectivity index (χ2n) is 7.98. The minimum Gasteiger partial charge on any atom is -0.212 e. The van der Waals surface area contributed by atoms with Crippen molar-refractivity contribution in [1.29, 1.82) is 0 Å². The Bertz CT molecular complexity index is 870. The molecule has 138 valence electrons. The van der Waals surface area contributed by atoms with Crippen LogP contribution in [0.3, 0.4) is 0 Å². The zero-order valence-corrected chi connectivity index (χ0v) is 16.2. The number of hydrogen-bond donors (Lipinski definition) is 0. The van der Waals surface area contributed by atoms with Crippen LogP contribution in [0.25, 0.3) is 0 Å². The molecule has 0 bridgehead atoms. The lowest BCUT2D eigenvalue weighted by atomic mass is 9.84. The van der Waals surface area contributed by atoms with Crippen LogP contribution >= 0.6 is 0 Å². The van der Waals surface area contributed by atoms with E-state index in [1.807, 2.05) is 40.7 Å². The van der Waals surface area contributed by atoms with Crippen LogP contribution in [0.5, 0.6) is 0 Å². The largest absolute Gasteiger partial charge is 0.219 e. The summed E-state index contributed by atoms with van der Waals surface area (Å²) in [5.41, 5.74) is 3.13. The van der Waals surface area contributed by atoms with Gasteiger partial charge in [0.15, 0.2) is 0 Å². The Balaban J connectivity index is 1.76. The zero-order valence-electron chi connectivity index (χ0n) is 15.4. The molecule has 1 aliphatic carbocycles. The van der Waals surface area contributed by atoms with E-state index in [0.717, 1.165) is 37.7 Å². The fourth-order valence-electron chi connectivity index (χ4n) is 5.01. The van der Waals surface area contributed by atoms with E-state index in [0.29, 0.717) is 12.5 Å². The maximum atomic E-state index is 13.5. The maximum absolute atomic E-state index is 13.5. The Morgan fingerprint density at radius 1 is 1.00 bits per heavy atom. The van der Waals surface area contributed by atoms with Crippen molar-refractivity contribution in [3.05, 3.63) is 71.3 Å². The van der Waals surface area contributed by atoms with Crippen LogP contribution in [-0.2, 0) is 22.3 Å². The summed E-state index contributed by atoms with van der Waals surface area (Å²) in [6, 6.07) is 18.0. The van der Waals surface area contributed by atoms with E-state index in [2.05, 4.69) is 25.1 Å². The molecule has 1 atom stereocenters. The van der Waals surface area contributed by atoms with E-state index in [4.69, 9.17) is 0 Å². The van der Waals surface area contributed by atoms with Crippen molar-refractivity contribution in [2.75, 3.05) is 0 Å². The van der Waals surface area contributed by atoms with Crippen molar-refractivity contribution in [2.24, 2.45) is 0 Å². The Morgan fingerprint density at radius 2 is 1.65 bits per heavy atom. The number of hydrogen-bond acceptors (Lipinski definition) is 2. The molecular weight excluding hydrogens is 342 g/mol. The van der Waals surface area contributed by atoms with Crippen LogP contribution in [0.15, 0.2) is 54.6 Å². The molecule has 2 aliphatic rings. The summed E-state index contributed by atoms with van der Waals surface area (Å²) in [6.45, 7) is 2.77. The van der Waals surface area contributed by atoms with Gasteiger partial charge in [0.2, 0.25) is 10.0 Å². The highest BCUT2D eigenvalue weighted by Crippen LogP contribution is 2.47. The lowest BCUT2D eigenvalue weighted by molar-refractivity contribution is 0.169. The van der Waals surface area contributed by atoms with Crippen molar-refractivity contribution >= 4 is 10.0 Å². The third-order valence-electron chi connectivity index (χ3n) is 6.18. The SMILES string of the molecule is CC1CC2(CCCC2)N(S(=O)(=O)Cc2ccccc2)Cc2ccccc21. The third-order valence-corrected chi connectivity index (χ3v) is 8.06. The Hall–Kier alpha value is -1.65. The molecule has 0 aromatic heterocycles. The van der Waals surface area contributed by atoms with Crippen molar-refractivity contribution in [3.8, 4) is 0 Å². The topological polar surface area (TPSA) is 37.4 Å². The summed E-state index contributed by atoms with van der Waals surface area (Å²) in [6.07, 6.45) is 5.15. The normalized spacial score (nSPS) is 22.9. The maximum Gasteiger partial charge on any atom is 0.219 e. The number of rotatable bonds is 3. The van der Waals surface area contributed by atoms with Gasteiger partial charge in [-0.25, -0.2) is 8.42 Å². The Labute approximate surface area is 157 Å². The van der Waals surface area contributed by atoms with Gasteiger partial charge in [-0.1, -0.05) is 74.4 Å². The quantitative estimate of drug-likeness (QED) is 0.776. The molecule has 3 nitrogen and oxygen atoms in total. The van der Waals surface area contributed by atoms with Gasteiger partial charge in [0.05, 0.1) is 5.75 Å². The van der Waals surface area contributed by atoms with Crippen molar-refractivity contribution < 1.29 is 8.42 Å². The summed E-state index contributed by atoms with van der Waals surface area (Å²) in [4.78, 5) is 0. The van der Waals surface area contributed by atoms with Gasteiger partial charge in [0.1, 0.15) is 0 Å². The third kappa shape index (κ3) is 3.21. The molecule has 4 heteroatoms. The van der Waals surface area contributed by atoms with Crippen LogP contribution in [0.4, 0.5) is 0 Å². The molecule has 4 rings (SSSR count). The van der Waals surface area contributed by atoms with Crippen molar-refractivity contribution in [1.82, 2.24) is 4.31 Å². The van der Waals surface area contributed by atoms with E-state index in [-0.39, 0.29) is 11.3 Å². The summed E-state index contributed by atoms with van der Waals surface area (Å²) in [5, 5.41) is 0. The molecule has 0 saturated heterocycles. The van der Waals surface area contributed by atoms with E-state index in [9.17, 15) is 8.42 Å². The van der Waals surface area contributed by atoms with Gasteiger partial charge in [0, 0.05) is 12.1 Å².